The molecule has 0 radical (unpaired) electrons. The minimum absolute atomic E-state index is 0.0183. The molecule has 0 aromatic rings. The smallest absolute Gasteiger partial charge is 0.306 e. The summed E-state index contributed by atoms with van der Waals surface area (Å²) in [6.45, 7) is 5.32. The summed E-state index contributed by atoms with van der Waals surface area (Å²) < 4.78 is 5.00. The SMILES string of the molecule is CC(=O)CCCCCCC(=O)OC(C)C. The monoisotopic (exact) mass is 214 g/mol. The fourth-order valence-electron chi connectivity index (χ4n) is 1.32. The lowest BCUT2D eigenvalue weighted by Gasteiger charge is -2.07. The second-order valence-electron chi connectivity index (χ2n) is 4.15. The molecule has 0 fully saturated rings. The quantitative estimate of drug-likeness (QED) is 0.461. The maximum Gasteiger partial charge on any atom is 0.306 e. The molecule has 3 nitrogen and oxygen atoms in total. The zero-order valence-electron chi connectivity index (χ0n) is 10.0. The highest BCUT2D eigenvalue weighted by Crippen LogP contribution is 2.07. The second kappa shape index (κ2) is 8.45. The molecule has 88 valence electrons. The highest BCUT2D eigenvalue weighted by molar-refractivity contribution is 5.75. The van der Waals surface area contributed by atoms with Gasteiger partial charge >= 0.3 is 5.97 Å². The molecular weight excluding hydrogens is 192 g/mol. The summed E-state index contributed by atoms with van der Waals surface area (Å²) in [5.41, 5.74) is 0. The number of carbonyl (C=O) groups is 2. The van der Waals surface area contributed by atoms with Crippen molar-refractivity contribution < 1.29 is 14.3 Å². The van der Waals surface area contributed by atoms with Crippen LogP contribution in [0.15, 0.2) is 0 Å². The summed E-state index contributed by atoms with van der Waals surface area (Å²) >= 11 is 0. The third kappa shape index (κ3) is 11.1. The Kier molecular flexibility index (Phi) is 7.96. The van der Waals surface area contributed by atoms with Crippen molar-refractivity contribution in [2.75, 3.05) is 0 Å². The summed E-state index contributed by atoms with van der Waals surface area (Å²) in [7, 11) is 0. The summed E-state index contributed by atoms with van der Waals surface area (Å²) in [4.78, 5) is 21.7. The van der Waals surface area contributed by atoms with Gasteiger partial charge in [-0.1, -0.05) is 12.8 Å². The van der Waals surface area contributed by atoms with Gasteiger partial charge in [0.1, 0.15) is 5.78 Å². The maximum absolute atomic E-state index is 11.1. The van der Waals surface area contributed by atoms with Gasteiger partial charge in [0.05, 0.1) is 6.10 Å². The predicted octanol–water partition coefficient (Wildman–Crippen LogP) is 2.87. The number of ketones is 1. The Morgan fingerprint density at radius 2 is 1.53 bits per heavy atom. The van der Waals surface area contributed by atoms with Crippen molar-refractivity contribution in [2.24, 2.45) is 0 Å². The van der Waals surface area contributed by atoms with E-state index >= 15 is 0 Å². The highest BCUT2D eigenvalue weighted by atomic mass is 16.5. The number of Topliss-reactive ketones (excluding diaryl/α,β-unsaturated/α-hetero) is 1. The third-order valence-electron chi connectivity index (χ3n) is 2.03. The molecule has 0 atom stereocenters. The van der Waals surface area contributed by atoms with Crippen LogP contribution in [0.25, 0.3) is 0 Å². The van der Waals surface area contributed by atoms with E-state index in [2.05, 4.69) is 0 Å². The number of hydrogen-bond acceptors (Lipinski definition) is 3. The van der Waals surface area contributed by atoms with Crippen LogP contribution in [0.3, 0.4) is 0 Å². The standard InChI is InChI=1S/C12H22O3/c1-10(2)15-12(14)9-7-5-4-6-8-11(3)13/h10H,4-9H2,1-3H3. The minimum Gasteiger partial charge on any atom is -0.463 e. The van der Waals surface area contributed by atoms with Crippen molar-refractivity contribution >= 4 is 11.8 Å². The molecule has 0 saturated carbocycles. The van der Waals surface area contributed by atoms with Crippen LogP contribution in [0.4, 0.5) is 0 Å². The van der Waals surface area contributed by atoms with Gasteiger partial charge in [-0.25, -0.2) is 0 Å². The van der Waals surface area contributed by atoms with E-state index in [9.17, 15) is 9.59 Å². The molecule has 0 rings (SSSR count). The Morgan fingerprint density at radius 3 is 2.00 bits per heavy atom. The van der Waals surface area contributed by atoms with Crippen molar-refractivity contribution in [2.45, 2.75) is 65.4 Å². The van der Waals surface area contributed by atoms with Gasteiger partial charge in [0.15, 0.2) is 0 Å². The van der Waals surface area contributed by atoms with Crippen LogP contribution in [0.5, 0.6) is 0 Å². The Morgan fingerprint density at radius 1 is 1.00 bits per heavy atom. The molecular formula is C12H22O3. The zero-order valence-corrected chi connectivity index (χ0v) is 10.0. The van der Waals surface area contributed by atoms with Crippen molar-refractivity contribution in [1.82, 2.24) is 0 Å². The largest absolute Gasteiger partial charge is 0.463 e. The van der Waals surface area contributed by atoms with Gasteiger partial charge < -0.3 is 9.53 Å². The molecule has 0 spiro atoms. The van der Waals surface area contributed by atoms with E-state index in [1.165, 1.54) is 0 Å². The normalized spacial score (nSPS) is 10.4. The van der Waals surface area contributed by atoms with E-state index in [4.69, 9.17) is 4.74 Å². The lowest BCUT2D eigenvalue weighted by Crippen LogP contribution is -2.10. The Bertz CT molecular complexity index is 197. The Hall–Kier alpha value is -0.860. The van der Waals surface area contributed by atoms with Crippen molar-refractivity contribution in [3.63, 3.8) is 0 Å². The number of rotatable bonds is 8. The van der Waals surface area contributed by atoms with E-state index in [0.717, 1.165) is 25.7 Å². The molecule has 0 aliphatic heterocycles. The molecule has 0 aromatic heterocycles. The number of ether oxygens (including phenoxy) is 1. The molecule has 0 heterocycles. The van der Waals surface area contributed by atoms with E-state index in [1.54, 1.807) is 6.92 Å². The van der Waals surface area contributed by atoms with E-state index in [-0.39, 0.29) is 17.9 Å². The zero-order chi connectivity index (χ0) is 11.7. The van der Waals surface area contributed by atoms with E-state index in [1.807, 2.05) is 13.8 Å². The first-order valence-corrected chi connectivity index (χ1v) is 5.71. The lowest BCUT2D eigenvalue weighted by atomic mass is 10.1. The Labute approximate surface area is 92.2 Å². The molecule has 15 heavy (non-hydrogen) atoms. The van der Waals surface area contributed by atoms with Crippen molar-refractivity contribution in [3.8, 4) is 0 Å². The van der Waals surface area contributed by atoms with Crippen LogP contribution in [-0.2, 0) is 14.3 Å². The first-order chi connectivity index (χ1) is 7.02. The number of esters is 1. The lowest BCUT2D eigenvalue weighted by molar-refractivity contribution is -0.147. The van der Waals surface area contributed by atoms with Gasteiger partial charge in [0.2, 0.25) is 0 Å². The van der Waals surface area contributed by atoms with Gasteiger partial charge in [-0.15, -0.1) is 0 Å². The molecule has 0 N–H and O–H groups in total. The van der Waals surface area contributed by atoms with Crippen LogP contribution < -0.4 is 0 Å². The number of unbranched alkanes of at least 4 members (excludes halogenated alkanes) is 3. The first kappa shape index (κ1) is 14.1. The van der Waals surface area contributed by atoms with Gasteiger partial charge in [-0.3, -0.25) is 4.79 Å². The summed E-state index contributed by atoms with van der Waals surface area (Å²) in [5, 5.41) is 0. The predicted molar refractivity (Wildman–Crippen MR) is 59.6 cm³/mol. The number of carbonyl (C=O) groups excluding carboxylic acids is 2. The first-order valence-electron chi connectivity index (χ1n) is 5.71. The molecule has 0 aromatic carbocycles. The minimum atomic E-state index is -0.114. The van der Waals surface area contributed by atoms with Crippen LogP contribution in [0.1, 0.15) is 59.3 Å². The molecule has 0 bridgehead atoms. The van der Waals surface area contributed by atoms with E-state index in [0.29, 0.717) is 12.8 Å². The van der Waals surface area contributed by atoms with Crippen LogP contribution >= 0.6 is 0 Å². The van der Waals surface area contributed by atoms with Crippen LogP contribution in [0, 0.1) is 0 Å². The topological polar surface area (TPSA) is 43.4 Å². The maximum atomic E-state index is 11.1. The summed E-state index contributed by atoms with van der Waals surface area (Å²) in [6, 6.07) is 0. The average molecular weight is 214 g/mol. The van der Waals surface area contributed by atoms with Gasteiger partial charge in [-0.05, 0) is 33.6 Å². The van der Waals surface area contributed by atoms with E-state index < -0.39 is 0 Å². The summed E-state index contributed by atoms with van der Waals surface area (Å²) in [5.74, 6) is 0.130. The summed E-state index contributed by atoms with van der Waals surface area (Å²) in [6.07, 6.45) is 4.97. The molecule has 0 aliphatic rings. The fourth-order valence-corrected chi connectivity index (χ4v) is 1.32. The van der Waals surface area contributed by atoms with Crippen LogP contribution in [-0.4, -0.2) is 17.9 Å². The third-order valence-corrected chi connectivity index (χ3v) is 2.03. The molecule has 0 amide bonds. The highest BCUT2D eigenvalue weighted by Gasteiger charge is 2.04. The fraction of sp³-hybridized carbons (Fsp3) is 0.833. The van der Waals surface area contributed by atoms with Gasteiger partial charge in [0, 0.05) is 12.8 Å². The van der Waals surface area contributed by atoms with Crippen molar-refractivity contribution in [3.05, 3.63) is 0 Å². The average Bonchev–Trinajstić information content (AvgIpc) is 2.09. The molecule has 0 saturated heterocycles. The molecule has 0 unspecified atom stereocenters. The molecule has 3 heteroatoms. The van der Waals surface area contributed by atoms with Crippen molar-refractivity contribution in [1.29, 1.82) is 0 Å². The van der Waals surface area contributed by atoms with Gasteiger partial charge in [0.25, 0.3) is 0 Å². The van der Waals surface area contributed by atoms with Crippen LogP contribution in [0.2, 0.25) is 0 Å². The van der Waals surface area contributed by atoms with Gasteiger partial charge in [-0.2, -0.15) is 0 Å². The number of hydrogen-bond donors (Lipinski definition) is 0. The Balaban J connectivity index is 3.24. The molecule has 0 aliphatic carbocycles. The second-order valence-corrected chi connectivity index (χ2v) is 4.15.